The Labute approximate surface area is 140 Å². The number of nitrogens with zero attached hydrogens (tertiary/aromatic N) is 1. The number of nitrogens with one attached hydrogen (secondary N) is 1. The number of carbonyl (C=O) groups excluding carboxylic acids is 3. The average molecular weight is 329 g/mol. The predicted octanol–water partition coefficient (Wildman–Crippen LogP) is 1.13. The fourth-order valence-electron chi connectivity index (χ4n) is 3.16. The van der Waals surface area contributed by atoms with Crippen LogP contribution in [0, 0.1) is 5.82 Å². The van der Waals surface area contributed by atoms with Gasteiger partial charge in [-0.25, -0.2) is 4.39 Å². The molecular formula is C17H19BFN2O3. The van der Waals surface area contributed by atoms with Crippen LogP contribution in [-0.4, -0.2) is 35.9 Å². The number of amides is 3. The molecule has 2 heterocycles. The number of rotatable bonds is 4. The molecule has 0 aliphatic carbocycles. The first-order chi connectivity index (χ1) is 11.4. The molecule has 3 rings (SSSR count). The van der Waals surface area contributed by atoms with Crippen molar-refractivity contribution in [3.63, 3.8) is 0 Å². The zero-order valence-electron chi connectivity index (χ0n) is 13.8. The minimum Gasteiger partial charge on any atom is -0.322 e. The van der Waals surface area contributed by atoms with Crippen LogP contribution in [0.3, 0.4) is 0 Å². The van der Waals surface area contributed by atoms with Gasteiger partial charge in [-0.2, -0.15) is 0 Å². The van der Waals surface area contributed by atoms with Gasteiger partial charge in [-0.1, -0.05) is 37.6 Å². The van der Waals surface area contributed by atoms with Crippen LogP contribution in [-0.2, 0) is 16.1 Å². The first-order valence-corrected chi connectivity index (χ1v) is 8.22. The summed E-state index contributed by atoms with van der Waals surface area (Å²) < 4.78 is 14.3. The highest BCUT2D eigenvalue weighted by Crippen LogP contribution is 2.27. The summed E-state index contributed by atoms with van der Waals surface area (Å²) in [5.41, 5.74) is 1.51. The lowest BCUT2D eigenvalue weighted by atomic mass is 9.58. The molecule has 1 aromatic rings. The Morgan fingerprint density at radius 3 is 2.79 bits per heavy atom. The third-order valence-electron chi connectivity index (χ3n) is 4.75. The zero-order chi connectivity index (χ0) is 17.4. The molecule has 2 aliphatic heterocycles. The van der Waals surface area contributed by atoms with Crippen molar-refractivity contribution in [3.8, 4) is 0 Å². The van der Waals surface area contributed by atoms with E-state index in [4.69, 9.17) is 0 Å². The van der Waals surface area contributed by atoms with Crippen LogP contribution in [0.25, 0.3) is 0 Å². The van der Waals surface area contributed by atoms with E-state index in [0.717, 1.165) is 12.0 Å². The van der Waals surface area contributed by atoms with Gasteiger partial charge in [0.25, 0.3) is 5.91 Å². The number of piperidine rings is 1. The topological polar surface area (TPSA) is 66.5 Å². The van der Waals surface area contributed by atoms with Gasteiger partial charge in [-0.3, -0.25) is 19.7 Å². The summed E-state index contributed by atoms with van der Waals surface area (Å²) in [6, 6.07) is 2.28. The van der Waals surface area contributed by atoms with Crippen LogP contribution in [0.15, 0.2) is 12.1 Å². The molecule has 0 aromatic heterocycles. The van der Waals surface area contributed by atoms with E-state index in [-0.39, 0.29) is 30.6 Å². The largest absolute Gasteiger partial charge is 0.322 e. The average Bonchev–Trinajstić information content (AvgIpc) is 2.84. The molecule has 0 spiro atoms. The fraction of sp³-hybridized carbons (Fsp3) is 0.471. The van der Waals surface area contributed by atoms with Crippen molar-refractivity contribution in [2.75, 3.05) is 0 Å². The van der Waals surface area contributed by atoms with E-state index in [0.29, 0.717) is 17.4 Å². The quantitative estimate of drug-likeness (QED) is 0.665. The van der Waals surface area contributed by atoms with Gasteiger partial charge in [0.15, 0.2) is 7.28 Å². The van der Waals surface area contributed by atoms with Crippen molar-refractivity contribution >= 4 is 30.5 Å². The Morgan fingerprint density at radius 1 is 1.38 bits per heavy atom. The van der Waals surface area contributed by atoms with Crippen LogP contribution in [0.2, 0.25) is 5.82 Å². The van der Waals surface area contributed by atoms with Crippen molar-refractivity contribution in [2.24, 2.45) is 0 Å². The van der Waals surface area contributed by atoms with E-state index >= 15 is 0 Å². The van der Waals surface area contributed by atoms with Gasteiger partial charge in [0.05, 0.1) is 0 Å². The summed E-state index contributed by atoms with van der Waals surface area (Å²) >= 11 is 0. The lowest BCUT2D eigenvalue weighted by Crippen LogP contribution is -2.52. The van der Waals surface area contributed by atoms with E-state index in [1.165, 1.54) is 11.0 Å². The van der Waals surface area contributed by atoms with Crippen LogP contribution in [0.1, 0.15) is 49.0 Å². The second-order valence-corrected chi connectivity index (χ2v) is 6.48. The Kier molecular flexibility index (Phi) is 4.43. The van der Waals surface area contributed by atoms with Crippen molar-refractivity contribution in [2.45, 2.75) is 51.5 Å². The van der Waals surface area contributed by atoms with E-state index < -0.39 is 17.8 Å². The number of carbonyl (C=O) groups is 3. The summed E-state index contributed by atoms with van der Waals surface area (Å²) in [6.07, 6.45) is 1.41. The first kappa shape index (κ1) is 16.7. The van der Waals surface area contributed by atoms with Gasteiger partial charge in [-0.15, -0.1) is 0 Å². The highest BCUT2D eigenvalue weighted by atomic mass is 19.1. The molecule has 1 fully saturated rings. The van der Waals surface area contributed by atoms with E-state index in [2.05, 4.69) is 5.32 Å². The molecule has 1 aromatic carbocycles. The maximum absolute atomic E-state index is 14.3. The van der Waals surface area contributed by atoms with Crippen LogP contribution >= 0.6 is 0 Å². The molecular weight excluding hydrogens is 310 g/mol. The Balaban J connectivity index is 1.84. The minimum absolute atomic E-state index is 0.206. The highest BCUT2D eigenvalue weighted by Gasteiger charge is 2.39. The second kappa shape index (κ2) is 6.38. The number of fused-ring (bicyclic) bond motifs is 1. The van der Waals surface area contributed by atoms with Crippen molar-refractivity contribution in [3.05, 3.63) is 29.1 Å². The van der Waals surface area contributed by atoms with E-state index in [1.807, 2.05) is 21.1 Å². The summed E-state index contributed by atoms with van der Waals surface area (Å²) in [4.78, 5) is 37.2. The molecule has 2 unspecified atom stereocenters. The van der Waals surface area contributed by atoms with E-state index in [1.54, 1.807) is 6.07 Å². The summed E-state index contributed by atoms with van der Waals surface area (Å²) in [6.45, 7) is 4.30. The number of imide groups is 1. The summed E-state index contributed by atoms with van der Waals surface area (Å²) in [7, 11) is 1.86. The minimum atomic E-state index is -0.673. The SMILES string of the molecule is CCC(C)[B]c1cc2c(cc1F)C(=O)N(C1CCC(=O)NC1=O)C2. The molecule has 24 heavy (non-hydrogen) atoms. The molecule has 5 nitrogen and oxygen atoms in total. The summed E-state index contributed by atoms with van der Waals surface area (Å²) in [5, 5.41) is 2.26. The molecule has 1 radical (unpaired) electrons. The highest BCUT2D eigenvalue weighted by molar-refractivity contribution is 6.55. The summed E-state index contributed by atoms with van der Waals surface area (Å²) in [5.74, 6) is -1.32. The molecule has 7 heteroatoms. The van der Waals surface area contributed by atoms with Gasteiger partial charge < -0.3 is 4.90 Å². The molecule has 1 saturated heterocycles. The third-order valence-corrected chi connectivity index (χ3v) is 4.75. The number of halogens is 1. The Hall–Kier alpha value is -2.18. The zero-order valence-corrected chi connectivity index (χ0v) is 13.8. The first-order valence-electron chi connectivity index (χ1n) is 8.22. The van der Waals surface area contributed by atoms with Crippen molar-refractivity contribution < 1.29 is 18.8 Å². The molecule has 1 N–H and O–H groups in total. The van der Waals surface area contributed by atoms with Gasteiger partial charge in [-0.05, 0) is 18.1 Å². The maximum Gasteiger partial charge on any atom is 0.255 e. The standard InChI is InChI=1S/C17H19BFN2O3/c1-3-9(2)18-12-6-10-8-21(17(24)11(10)7-13(12)19)14-4-5-15(22)20-16(14)23/h6-7,9,14H,3-5,8H2,1-2H3,(H,20,22,23). The molecule has 3 amide bonds. The maximum atomic E-state index is 14.3. The van der Waals surface area contributed by atoms with E-state index in [9.17, 15) is 18.8 Å². The van der Waals surface area contributed by atoms with Crippen LogP contribution in [0.5, 0.6) is 0 Å². The molecule has 125 valence electrons. The van der Waals surface area contributed by atoms with Gasteiger partial charge in [0, 0.05) is 18.5 Å². The monoisotopic (exact) mass is 329 g/mol. The second-order valence-electron chi connectivity index (χ2n) is 6.48. The number of hydrogen-bond acceptors (Lipinski definition) is 3. The Bertz CT molecular complexity index is 722. The smallest absolute Gasteiger partial charge is 0.255 e. The third kappa shape index (κ3) is 2.95. The fourth-order valence-corrected chi connectivity index (χ4v) is 3.16. The van der Waals surface area contributed by atoms with Crippen LogP contribution < -0.4 is 10.8 Å². The molecule has 2 atom stereocenters. The molecule has 0 bridgehead atoms. The van der Waals surface area contributed by atoms with Gasteiger partial charge in [0.2, 0.25) is 11.8 Å². The number of benzene rings is 1. The predicted molar refractivity (Wildman–Crippen MR) is 87.5 cm³/mol. The van der Waals surface area contributed by atoms with Crippen molar-refractivity contribution in [1.29, 1.82) is 0 Å². The van der Waals surface area contributed by atoms with Crippen molar-refractivity contribution in [1.82, 2.24) is 10.2 Å². The lowest BCUT2D eigenvalue weighted by Gasteiger charge is -2.29. The van der Waals surface area contributed by atoms with Gasteiger partial charge >= 0.3 is 0 Å². The molecule has 0 saturated carbocycles. The lowest BCUT2D eigenvalue weighted by molar-refractivity contribution is -0.136. The Morgan fingerprint density at radius 2 is 2.12 bits per heavy atom. The van der Waals surface area contributed by atoms with Crippen LogP contribution in [0.4, 0.5) is 4.39 Å². The van der Waals surface area contributed by atoms with Gasteiger partial charge in [0.1, 0.15) is 11.9 Å². The normalized spacial score (nSPS) is 21.5. The molecule has 2 aliphatic rings. The number of hydrogen-bond donors (Lipinski definition) is 1.